The second kappa shape index (κ2) is 64.1. The Kier molecular flexibility index (Phi) is 60.4. The number of unbranched alkanes of at least 4 members (excludes halogenated alkanes) is 23. The van der Waals surface area contributed by atoms with Crippen molar-refractivity contribution in [3.63, 3.8) is 0 Å². The van der Waals surface area contributed by atoms with Gasteiger partial charge in [0.15, 0.2) is 6.10 Å². The average molecular weight is 1070 g/mol. The topological polar surface area (TPSA) is 78.9 Å². The Morgan fingerprint density at radius 2 is 0.532 bits per heavy atom. The van der Waals surface area contributed by atoms with Gasteiger partial charge in [-0.05, 0) is 135 Å². The quantitative estimate of drug-likeness (QED) is 0.0261. The molecule has 0 radical (unpaired) electrons. The fraction of sp³-hybridized carbons (Fsp3) is 0.648. The van der Waals surface area contributed by atoms with Crippen LogP contribution in [0.15, 0.2) is 134 Å². The van der Waals surface area contributed by atoms with Crippen molar-refractivity contribution < 1.29 is 28.6 Å². The summed E-state index contributed by atoms with van der Waals surface area (Å²) in [4.78, 5) is 38.3. The van der Waals surface area contributed by atoms with Crippen molar-refractivity contribution in [1.29, 1.82) is 0 Å². The van der Waals surface area contributed by atoms with Gasteiger partial charge in [-0.15, -0.1) is 0 Å². The first-order valence-corrected chi connectivity index (χ1v) is 31.7. The lowest BCUT2D eigenvalue weighted by Gasteiger charge is -2.18. The maximum absolute atomic E-state index is 12.9. The van der Waals surface area contributed by atoms with Crippen molar-refractivity contribution in [2.45, 2.75) is 284 Å². The maximum atomic E-state index is 12.9. The summed E-state index contributed by atoms with van der Waals surface area (Å²) in [5.41, 5.74) is 0. The van der Waals surface area contributed by atoms with Gasteiger partial charge in [0.1, 0.15) is 13.2 Å². The number of carbonyl (C=O) groups excluding carboxylic acids is 3. The van der Waals surface area contributed by atoms with Crippen LogP contribution in [0.1, 0.15) is 278 Å². The maximum Gasteiger partial charge on any atom is 0.306 e. The summed E-state index contributed by atoms with van der Waals surface area (Å²) < 4.78 is 16.9. The predicted octanol–water partition coefficient (Wildman–Crippen LogP) is 21.8. The van der Waals surface area contributed by atoms with Gasteiger partial charge in [-0.2, -0.15) is 0 Å². The molecule has 1 unspecified atom stereocenters. The molecule has 0 rings (SSSR count). The van der Waals surface area contributed by atoms with E-state index in [2.05, 4.69) is 154 Å². The highest BCUT2D eigenvalue weighted by Gasteiger charge is 2.19. The Morgan fingerprint density at radius 3 is 0.844 bits per heavy atom. The summed E-state index contributed by atoms with van der Waals surface area (Å²) in [6.07, 6.45) is 90.2. The Hall–Kier alpha value is -4.45. The van der Waals surface area contributed by atoms with Crippen LogP contribution in [0.2, 0.25) is 0 Å². The molecule has 6 heteroatoms. The van der Waals surface area contributed by atoms with Crippen molar-refractivity contribution >= 4 is 17.9 Å². The number of rotatable bonds is 56. The van der Waals surface area contributed by atoms with Gasteiger partial charge >= 0.3 is 17.9 Å². The molecule has 0 aromatic heterocycles. The Bertz CT molecular complexity index is 1650. The van der Waals surface area contributed by atoms with E-state index in [1.165, 1.54) is 77.0 Å². The first-order valence-electron chi connectivity index (χ1n) is 31.7. The molecule has 0 bridgehead atoms. The highest BCUT2D eigenvalue weighted by molar-refractivity contribution is 5.71. The van der Waals surface area contributed by atoms with Crippen molar-refractivity contribution in [3.05, 3.63) is 134 Å². The largest absolute Gasteiger partial charge is 0.462 e. The van der Waals surface area contributed by atoms with E-state index < -0.39 is 6.10 Å². The molecule has 0 N–H and O–H groups in total. The summed E-state index contributed by atoms with van der Waals surface area (Å²) in [6.45, 7) is 6.41. The van der Waals surface area contributed by atoms with E-state index in [0.717, 1.165) is 161 Å². The molecule has 0 aromatic rings. The Morgan fingerprint density at radius 1 is 0.273 bits per heavy atom. The highest BCUT2D eigenvalue weighted by Crippen LogP contribution is 2.14. The fourth-order valence-corrected chi connectivity index (χ4v) is 8.37. The first-order chi connectivity index (χ1) is 38.0. The molecule has 1 atom stereocenters. The lowest BCUT2D eigenvalue weighted by molar-refractivity contribution is -0.167. The molecular formula is C71H116O6. The number of hydrogen-bond donors (Lipinski definition) is 0. The van der Waals surface area contributed by atoms with E-state index in [1.807, 2.05) is 0 Å². The molecule has 0 fully saturated rings. The van der Waals surface area contributed by atoms with Crippen molar-refractivity contribution in [2.75, 3.05) is 13.2 Å². The second-order valence-corrected chi connectivity index (χ2v) is 20.6. The first kappa shape index (κ1) is 72.5. The molecule has 0 heterocycles. The standard InChI is InChI=1S/C71H116O6/c1-4-7-10-13-16-19-22-25-27-29-31-33-35-37-39-41-43-46-49-52-55-58-61-64-70(73)76-67-68(66-75-69(72)63-60-57-54-51-48-45-24-21-18-15-12-9-6-3)77-71(74)65-62-59-56-53-50-47-44-42-40-38-36-34-32-30-28-26-23-20-17-14-11-8-5-2/h7,10,12,15-16,19,21,23-27,30-33,36-39,43,46,68H,4-6,8-9,11,13-14,17-18,20,22,28-29,34-35,40-42,44-45,47-67H2,1-3H3/b10-7-,15-12-,19-16-,24-21-,26-23-,27-25-,32-30-,33-31-,38-36-,39-37-,46-43-. The third-order valence-corrected chi connectivity index (χ3v) is 13.1. The van der Waals surface area contributed by atoms with Crippen LogP contribution in [0.4, 0.5) is 0 Å². The summed E-state index contributed by atoms with van der Waals surface area (Å²) in [5.74, 6) is -0.946. The highest BCUT2D eigenvalue weighted by atomic mass is 16.6. The smallest absolute Gasteiger partial charge is 0.306 e. The third-order valence-electron chi connectivity index (χ3n) is 13.1. The third kappa shape index (κ3) is 62.3. The van der Waals surface area contributed by atoms with Gasteiger partial charge in [-0.1, -0.05) is 257 Å². The van der Waals surface area contributed by atoms with Gasteiger partial charge in [0.2, 0.25) is 0 Å². The number of ether oxygens (including phenoxy) is 3. The lowest BCUT2D eigenvalue weighted by Crippen LogP contribution is -2.30. The van der Waals surface area contributed by atoms with Gasteiger partial charge < -0.3 is 14.2 Å². The molecular weight excluding hydrogens is 949 g/mol. The summed E-state index contributed by atoms with van der Waals surface area (Å²) in [7, 11) is 0. The van der Waals surface area contributed by atoms with Crippen LogP contribution in [-0.2, 0) is 28.6 Å². The van der Waals surface area contributed by atoms with Crippen LogP contribution < -0.4 is 0 Å². The second-order valence-electron chi connectivity index (χ2n) is 20.6. The summed E-state index contributed by atoms with van der Waals surface area (Å²) in [6, 6.07) is 0. The number of hydrogen-bond acceptors (Lipinski definition) is 6. The van der Waals surface area contributed by atoms with Crippen molar-refractivity contribution in [3.8, 4) is 0 Å². The van der Waals surface area contributed by atoms with E-state index in [9.17, 15) is 14.4 Å². The van der Waals surface area contributed by atoms with Gasteiger partial charge in [0, 0.05) is 19.3 Å². The number of carbonyl (C=O) groups is 3. The molecule has 0 aliphatic heterocycles. The predicted molar refractivity (Wildman–Crippen MR) is 334 cm³/mol. The van der Waals surface area contributed by atoms with Gasteiger partial charge in [0.05, 0.1) is 0 Å². The van der Waals surface area contributed by atoms with E-state index in [0.29, 0.717) is 19.3 Å². The van der Waals surface area contributed by atoms with E-state index in [1.54, 1.807) is 0 Å². The zero-order chi connectivity index (χ0) is 55.7. The van der Waals surface area contributed by atoms with Crippen LogP contribution >= 0.6 is 0 Å². The summed E-state index contributed by atoms with van der Waals surface area (Å²) in [5, 5.41) is 0. The Balaban J connectivity index is 4.44. The molecule has 77 heavy (non-hydrogen) atoms. The molecule has 6 nitrogen and oxygen atoms in total. The normalized spacial score (nSPS) is 13.0. The van der Waals surface area contributed by atoms with E-state index in [-0.39, 0.29) is 31.1 Å². The zero-order valence-corrected chi connectivity index (χ0v) is 49.9. The molecule has 0 saturated carbocycles. The van der Waals surface area contributed by atoms with Crippen LogP contribution in [0, 0.1) is 0 Å². The SMILES string of the molecule is CC/C=C\C/C=C\C/C=C\C/C=C\C/C=C\C/C=C\CCCCCCC(=O)OCC(COC(=O)CCCCCCC/C=C\C/C=C\CCC)OC(=O)CCCCCCCCCC/C=C\C/C=C\C/C=C\CCCCCCC. The lowest BCUT2D eigenvalue weighted by atomic mass is 10.1. The fourth-order valence-electron chi connectivity index (χ4n) is 8.37. The van der Waals surface area contributed by atoms with Crippen LogP contribution in [-0.4, -0.2) is 37.2 Å². The summed E-state index contributed by atoms with van der Waals surface area (Å²) >= 11 is 0. The average Bonchev–Trinajstić information content (AvgIpc) is 3.43. The molecule has 0 saturated heterocycles. The minimum Gasteiger partial charge on any atom is -0.462 e. The van der Waals surface area contributed by atoms with Gasteiger partial charge in [0.25, 0.3) is 0 Å². The van der Waals surface area contributed by atoms with E-state index in [4.69, 9.17) is 14.2 Å². The number of esters is 3. The van der Waals surface area contributed by atoms with Gasteiger partial charge in [-0.25, -0.2) is 0 Å². The van der Waals surface area contributed by atoms with Crippen molar-refractivity contribution in [2.24, 2.45) is 0 Å². The minimum absolute atomic E-state index is 0.101. The van der Waals surface area contributed by atoms with Crippen LogP contribution in [0.3, 0.4) is 0 Å². The van der Waals surface area contributed by atoms with E-state index >= 15 is 0 Å². The molecule has 436 valence electrons. The molecule has 0 amide bonds. The monoisotopic (exact) mass is 1060 g/mol. The minimum atomic E-state index is -0.805. The van der Waals surface area contributed by atoms with Gasteiger partial charge in [-0.3, -0.25) is 14.4 Å². The zero-order valence-electron chi connectivity index (χ0n) is 49.9. The van der Waals surface area contributed by atoms with Crippen LogP contribution in [0.5, 0.6) is 0 Å². The van der Waals surface area contributed by atoms with Crippen molar-refractivity contribution in [1.82, 2.24) is 0 Å². The molecule has 0 aliphatic carbocycles. The number of allylic oxidation sites excluding steroid dienone is 22. The van der Waals surface area contributed by atoms with Crippen LogP contribution in [0.25, 0.3) is 0 Å². The molecule has 0 spiro atoms. The molecule has 0 aromatic carbocycles. The Labute approximate surface area is 475 Å². The molecule has 0 aliphatic rings.